The number of rotatable bonds is 1. The highest BCUT2D eigenvalue weighted by molar-refractivity contribution is 5.22. The molecule has 0 aliphatic heterocycles. The van der Waals surface area contributed by atoms with Gasteiger partial charge in [0.05, 0.1) is 12.7 Å². The maximum Gasteiger partial charge on any atom is 0.0584 e. The van der Waals surface area contributed by atoms with E-state index >= 15 is 0 Å². The van der Waals surface area contributed by atoms with E-state index in [4.69, 9.17) is 0 Å². The molecule has 0 amide bonds. The summed E-state index contributed by atoms with van der Waals surface area (Å²) in [5.41, 5.74) is 2.23. The highest BCUT2D eigenvalue weighted by Gasteiger charge is 2.67. The Morgan fingerprint density at radius 2 is 1.67 bits per heavy atom. The van der Waals surface area contributed by atoms with Gasteiger partial charge in [-0.3, -0.25) is 0 Å². The lowest BCUT2D eigenvalue weighted by Gasteiger charge is -2.70. The van der Waals surface area contributed by atoms with Gasteiger partial charge in [-0.15, -0.1) is 0 Å². The molecule has 27 heavy (non-hydrogen) atoms. The monoisotopic (exact) mass is 374 g/mol. The second-order valence-corrected chi connectivity index (χ2v) is 12.2. The molecule has 2 N–H and O–H groups in total. The molecule has 4 rings (SSSR count). The molecule has 0 bridgehead atoms. The standard InChI is InChI=1S/C25H42O2/c1-16-8-9-19-23(4,17(16)15-26)13-10-20-24(5)12-7-11-22(2,3)21(24)18(27)14-25(19,20)6/h8,17-21,26-27H,7,9-15H2,1-6H3/t17-,18+,19-,20-,21+,23-,24-,25+/m1/s1. The summed E-state index contributed by atoms with van der Waals surface area (Å²) in [6, 6.07) is 0. The van der Waals surface area contributed by atoms with Crippen LogP contribution in [0.15, 0.2) is 11.6 Å². The van der Waals surface area contributed by atoms with Crippen LogP contribution in [0.5, 0.6) is 0 Å². The van der Waals surface area contributed by atoms with E-state index in [2.05, 4.69) is 47.6 Å². The highest BCUT2D eigenvalue weighted by atomic mass is 16.3. The number of aliphatic hydroxyl groups is 2. The number of fused-ring (bicyclic) bond motifs is 5. The normalized spacial score (nSPS) is 54.4. The number of hydrogen-bond donors (Lipinski definition) is 2. The molecule has 154 valence electrons. The molecule has 0 unspecified atom stereocenters. The van der Waals surface area contributed by atoms with Crippen LogP contribution in [0.3, 0.4) is 0 Å². The van der Waals surface area contributed by atoms with E-state index in [0.29, 0.717) is 23.7 Å². The molecule has 0 saturated heterocycles. The van der Waals surface area contributed by atoms with Gasteiger partial charge in [0, 0.05) is 5.92 Å². The molecular formula is C25H42O2. The van der Waals surface area contributed by atoms with Crippen LogP contribution >= 0.6 is 0 Å². The summed E-state index contributed by atoms with van der Waals surface area (Å²) < 4.78 is 0. The van der Waals surface area contributed by atoms with Crippen molar-refractivity contribution in [2.75, 3.05) is 6.61 Å². The molecule has 2 nitrogen and oxygen atoms in total. The average molecular weight is 375 g/mol. The summed E-state index contributed by atoms with van der Waals surface area (Å²) >= 11 is 0. The first-order valence-corrected chi connectivity index (χ1v) is 11.5. The number of aliphatic hydroxyl groups excluding tert-OH is 2. The lowest BCUT2D eigenvalue weighted by Crippen LogP contribution is -2.66. The predicted molar refractivity (Wildman–Crippen MR) is 111 cm³/mol. The van der Waals surface area contributed by atoms with E-state index in [1.54, 1.807) is 0 Å². The Labute approximate surface area is 166 Å². The summed E-state index contributed by atoms with van der Waals surface area (Å²) in [4.78, 5) is 0. The molecule has 0 aromatic rings. The Morgan fingerprint density at radius 3 is 2.33 bits per heavy atom. The first-order valence-electron chi connectivity index (χ1n) is 11.5. The predicted octanol–water partition coefficient (Wildman–Crippen LogP) is 5.58. The fourth-order valence-corrected chi connectivity index (χ4v) is 9.65. The van der Waals surface area contributed by atoms with Crippen molar-refractivity contribution in [2.24, 2.45) is 45.3 Å². The Bertz CT molecular complexity index is 636. The quantitative estimate of drug-likeness (QED) is 0.588. The van der Waals surface area contributed by atoms with E-state index in [1.165, 1.54) is 37.7 Å². The van der Waals surface area contributed by atoms with E-state index < -0.39 is 0 Å². The molecule has 8 atom stereocenters. The van der Waals surface area contributed by atoms with Crippen LogP contribution in [-0.2, 0) is 0 Å². The van der Waals surface area contributed by atoms with Crippen molar-refractivity contribution >= 4 is 0 Å². The molecule has 4 aliphatic rings. The van der Waals surface area contributed by atoms with Gasteiger partial charge in [-0.05, 0) is 84.9 Å². The van der Waals surface area contributed by atoms with Gasteiger partial charge in [0.2, 0.25) is 0 Å². The van der Waals surface area contributed by atoms with Crippen molar-refractivity contribution in [1.82, 2.24) is 0 Å². The lowest BCUT2D eigenvalue weighted by atomic mass is 9.35. The zero-order valence-electron chi connectivity index (χ0n) is 18.5. The lowest BCUT2D eigenvalue weighted by molar-refractivity contribution is -0.236. The van der Waals surface area contributed by atoms with Crippen molar-refractivity contribution in [3.05, 3.63) is 11.6 Å². The SMILES string of the molecule is CC1=CC[C@H]2[C@]3(C)C[C@H](O)[C@H]4C(C)(C)CCC[C@]4(C)[C@H]3CC[C@]2(C)[C@@H]1CO. The first kappa shape index (κ1) is 20.0. The van der Waals surface area contributed by atoms with Crippen LogP contribution in [0.1, 0.15) is 86.5 Å². The summed E-state index contributed by atoms with van der Waals surface area (Å²) in [7, 11) is 0. The molecule has 0 radical (unpaired) electrons. The van der Waals surface area contributed by atoms with Gasteiger partial charge in [-0.2, -0.15) is 0 Å². The summed E-state index contributed by atoms with van der Waals surface area (Å²) in [6.07, 6.45) is 10.6. The fraction of sp³-hybridized carbons (Fsp3) is 0.920. The van der Waals surface area contributed by atoms with Crippen LogP contribution in [-0.4, -0.2) is 22.9 Å². The molecule has 2 heteroatoms. The highest BCUT2D eigenvalue weighted by Crippen LogP contribution is 2.72. The topological polar surface area (TPSA) is 40.5 Å². The van der Waals surface area contributed by atoms with Crippen molar-refractivity contribution in [1.29, 1.82) is 0 Å². The Morgan fingerprint density at radius 1 is 0.963 bits per heavy atom. The van der Waals surface area contributed by atoms with Crippen molar-refractivity contribution in [3.63, 3.8) is 0 Å². The van der Waals surface area contributed by atoms with E-state index in [-0.39, 0.29) is 34.4 Å². The Kier molecular flexibility index (Phi) is 4.49. The summed E-state index contributed by atoms with van der Waals surface area (Å²) in [5, 5.41) is 21.7. The molecule has 0 spiro atoms. The fourth-order valence-electron chi connectivity index (χ4n) is 9.65. The van der Waals surface area contributed by atoms with E-state index in [1.807, 2.05) is 0 Å². The van der Waals surface area contributed by atoms with Crippen LogP contribution in [0, 0.1) is 45.3 Å². The molecule has 3 saturated carbocycles. The third-order valence-electron chi connectivity index (χ3n) is 10.5. The molecule has 0 heterocycles. The minimum Gasteiger partial charge on any atom is -0.396 e. The Hall–Kier alpha value is -0.340. The molecular weight excluding hydrogens is 332 g/mol. The average Bonchev–Trinajstić information content (AvgIpc) is 2.52. The smallest absolute Gasteiger partial charge is 0.0584 e. The number of allylic oxidation sites excluding steroid dienone is 1. The minimum absolute atomic E-state index is 0.173. The third-order valence-corrected chi connectivity index (χ3v) is 10.5. The van der Waals surface area contributed by atoms with Gasteiger partial charge in [0.15, 0.2) is 0 Å². The van der Waals surface area contributed by atoms with Crippen molar-refractivity contribution < 1.29 is 10.2 Å². The minimum atomic E-state index is -0.187. The van der Waals surface area contributed by atoms with E-state index in [0.717, 1.165) is 12.8 Å². The molecule has 3 fully saturated rings. The third kappa shape index (κ3) is 2.51. The largest absolute Gasteiger partial charge is 0.396 e. The second kappa shape index (κ2) is 6.08. The summed E-state index contributed by atoms with van der Waals surface area (Å²) in [6.45, 7) is 14.8. The van der Waals surface area contributed by atoms with Gasteiger partial charge in [0.25, 0.3) is 0 Å². The second-order valence-electron chi connectivity index (χ2n) is 12.2. The molecule has 4 aliphatic carbocycles. The Balaban J connectivity index is 1.79. The summed E-state index contributed by atoms with van der Waals surface area (Å²) in [5.74, 6) is 1.99. The van der Waals surface area contributed by atoms with Gasteiger partial charge >= 0.3 is 0 Å². The zero-order chi connectivity index (χ0) is 19.8. The maximum atomic E-state index is 11.5. The van der Waals surface area contributed by atoms with Crippen LogP contribution in [0.2, 0.25) is 0 Å². The maximum absolute atomic E-state index is 11.5. The first-order chi connectivity index (χ1) is 12.5. The van der Waals surface area contributed by atoms with E-state index in [9.17, 15) is 10.2 Å². The van der Waals surface area contributed by atoms with Crippen molar-refractivity contribution in [2.45, 2.75) is 92.6 Å². The zero-order valence-corrected chi connectivity index (χ0v) is 18.5. The van der Waals surface area contributed by atoms with Crippen LogP contribution in [0.4, 0.5) is 0 Å². The van der Waals surface area contributed by atoms with Crippen LogP contribution < -0.4 is 0 Å². The van der Waals surface area contributed by atoms with Gasteiger partial charge in [-0.25, -0.2) is 0 Å². The van der Waals surface area contributed by atoms with Crippen molar-refractivity contribution in [3.8, 4) is 0 Å². The molecule has 0 aromatic heterocycles. The van der Waals surface area contributed by atoms with Gasteiger partial charge < -0.3 is 10.2 Å². The number of hydrogen-bond acceptors (Lipinski definition) is 2. The molecule has 0 aromatic carbocycles. The van der Waals surface area contributed by atoms with Gasteiger partial charge in [-0.1, -0.05) is 52.7 Å². The van der Waals surface area contributed by atoms with Gasteiger partial charge in [0.1, 0.15) is 0 Å². The van der Waals surface area contributed by atoms with Crippen LogP contribution in [0.25, 0.3) is 0 Å².